The Morgan fingerprint density at radius 2 is 1.73 bits per heavy atom. The summed E-state index contributed by atoms with van der Waals surface area (Å²) in [5.74, 6) is -2.25. The zero-order valence-corrected chi connectivity index (χ0v) is 13.7. The van der Waals surface area contributed by atoms with Crippen molar-refractivity contribution in [2.45, 2.75) is 26.2 Å². The van der Waals surface area contributed by atoms with E-state index >= 15 is 0 Å². The number of hydrogen-bond donors (Lipinski definition) is 3. The van der Waals surface area contributed by atoms with E-state index in [1.807, 2.05) is 12.1 Å². The first kappa shape index (κ1) is 16.4. The fourth-order valence-corrected chi connectivity index (χ4v) is 2.76. The van der Waals surface area contributed by atoms with Gasteiger partial charge in [-0.3, -0.25) is 4.79 Å². The standard InChI is InChI=1S/C17H17BrO4/c1-2-3-4-10-5-7-11(8-6-10)15(20)14-12(18)9-13(19)16(21)17(14)22/h5-9,19,21-22H,2-4H2,1H3. The van der Waals surface area contributed by atoms with Crippen LogP contribution in [0.15, 0.2) is 34.8 Å². The van der Waals surface area contributed by atoms with Crippen molar-refractivity contribution < 1.29 is 20.1 Å². The highest BCUT2D eigenvalue weighted by Crippen LogP contribution is 2.42. The molecule has 2 rings (SSSR count). The first-order chi connectivity index (χ1) is 10.5. The summed E-state index contributed by atoms with van der Waals surface area (Å²) in [6.07, 6.45) is 3.15. The average Bonchev–Trinajstić information content (AvgIpc) is 2.51. The van der Waals surface area contributed by atoms with E-state index < -0.39 is 23.0 Å². The summed E-state index contributed by atoms with van der Waals surface area (Å²) in [6.45, 7) is 2.12. The van der Waals surface area contributed by atoms with Crippen LogP contribution in [0.3, 0.4) is 0 Å². The van der Waals surface area contributed by atoms with Crippen LogP contribution < -0.4 is 0 Å². The molecule has 0 aromatic heterocycles. The van der Waals surface area contributed by atoms with Crippen LogP contribution in [0.1, 0.15) is 41.3 Å². The fraction of sp³-hybridized carbons (Fsp3) is 0.235. The summed E-state index contributed by atoms with van der Waals surface area (Å²) in [7, 11) is 0. The Balaban J connectivity index is 2.34. The Hall–Kier alpha value is -2.01. The second kappa shape index (κ2) is 6.83. The van der Waals surface area contributed by atoms with Crippen molar-refractivity contribution in [3.8, 4) is 17.2 Å². The quantitative estimate of drug-likeness (QED) is 0.550. The minimum Gasteiger partial charge on any atom is -0.504 e. The monoisotopic (exact) mass is 364 g/mol. The number of rotatable bonds is 5. The molecule has 0 aliphatic carbocycles. The van der Waals surface area contributed by atoms with Crippen LogP contribution in [0, 0.1) is 0 Å². The van der Waals surface area contributed by atoms with Gasteiger partial charge in [0.1, 0.15) is 0 Å². The van der Waals surface area contributed by atoms with E-state index in [4.69, 9.17) is 0 Å². The smallest absolute Gasteiger partial charge is 0.201 e. The van der Waals surface area contributed by atoms with Gasteiger partial charge in [-0.2, -0.15) is 0 Å². The summed E-state index contributed by atoms with van der Waals surface area (Å²) in [4.78, 5) is 12.5. The van der Waals surface area contributed by atoms with Crippen LogP contribution in [0.4, 0.5) is 0 Å². The lowest BCUT2D eigenvalue weighted by Gasteiger charge is -2.10. The lowest BCUT2D eigenvalue weighted by molar-refractivity contribution is 0.103. The number of carbonyl (C=O) groups is 1. The molecule has 0 bridgehead atoms. The Bertz CT molecular complexity index is 693. The number of phenolic OH excluding ortho intramolecular Hbond substituents is 3. The molecular formula is C17H17BrO4. The van der Waals surface area contributed by atoms with Crippen LogP contribution in [-0.4, -0.2) is 21.1 Å². The first-order valence-electron chi connectivity index (χ1n) is 7.02. The Morgan fingerprint density at radius 3 is 2.32 bits per heavy atom. The third kappa shape index (κ3) is 3.25. The molecule has 0 fully saturated rings. The van der Waals surface area contributed by atoms with Crippen LogP contribution in [0.25, 0.3) is 0 Å². The normalized spacial score (nSPS) is 10.6. The third-order valence-corrected chi connectivity index (χ3v) is 4.09. The molecule has 0 aliphatic rings. The van der Waals surface area contributed by atoms with Gasteiger partial charge in [-0.1, -0.05) is 37.6 Å². The lowest BCUT2D eigenvalue weighted by Crippen LogP contribution is -2.03. The minimum atomic E-state index is -0.703. The van der Waals surface area contributed by atoms with Gasteiger partial charge in [0.15, 0.2) is 17.3 Å². The third-order valence-electron chi connectivity index (χ3n) is 3.47. The maximum absolute atomic E-state index is 12.5. The summed E-state index contributed by atoms with van der Waals surface area (Å²) >= 11 is 3.13. The Kier molecular flexibility index (Phi) is 5.08. The van der Waals surface area contributed by atoms with Gasteiger partial charge in [-0.05, 0) is 40.4 Å². The van der Waals surface area contributed by atoms with Crippen molar-refractivity contribution in [3.05, 3.63) is 51.5 Å². The molecule has 0 saturated heterocycles. The molecule has 3 N–H and O–H groups in total. The van der Waals surface area contributed by atoms with Crippen molar-refractivity contribution in [2.24, 2.45) is 0 Å². The van der Waals surface area contributed by atoms with E-state index in [1.54, 1.807) is 12.1 Å². The predicted molar refractivity (Wildman–Crippen MR) is 87.6 cm³/mol. The summed E-state index contributed by atoms with van der Waals surface area (Å²) in [6, 6.07) is 8.34. The number of phenols is 3. The van der Waals surface area contributed by atoms with Crippen molar-refractivity contribution >= 4 is 21.7 Å². The van der Waals surface area contributed by atoms with Gasteiger partial charge in [-0.25, -0.2) is 0 Å². The van der Waals surface area contributed by atoms with Gasteiger partial charge in [0, 0.05) is 10.0 Å². The topological polar surface area (TPSA) is 77.8 Å². The number of hydrogen-bond acceptors (Lipinski definition) is 4. The fourth-order valence-electron chi connectivity index (χ4n) is 2.18. The number of carbonyl (C=O) groups excluding carboxylic acids is 1. The highest BCUT2D eigenvalue weighted by molar-refractivity contribution is 9.10. The average molecular weight is 365 g/mol. The molecule has 116 valence electrons. The Morgan fingerprint density at radius 1 is 1.09 bits per heavy atom. The van der Waals surface area contributed by atoms with Gasteiger partial charge in [0.2, 0.25) is 5.75 Å². The second-order valence-electron chi connectivity index (χ2n) is 5.08. The van der Waals surface area contributed by atoms with Gasteiger partial charge in [0.05, 0.1) is 5.56 Å². The lowest BCUT2D eigenvalue weighted by atomic mass is 9.99. The van der Waals surface area contributed by atoms with E-state index in [0.717, 1.165) is 24.8 Å². The first-order valence-corrected chi connectivity index (χ1v) is 7.82. The molecule has 0 heterocycles. The second-order valence-corrected chi connectivity index (χ2v) is 5.93. The highest BCUT2D eigenvalue weighted by Gasteiger charge is 2.22. The molecule has 0 saturated carbocycles. The highest BCUT2D eigenvalue weighted by atomic mass is 79.9. The molecule has 4 nitrogen and oxygen atoms in total. The maximum atomic E-state index is 12.5. The zero-order chi connectivity index (χ0) is 16.3. The van der Waals surface area contributed by atoms with E-state index in [2.05, 4.69) is 22.9 Å². The van der Waals surface area contributed by atoms with Crippen LogP contribution in [0.2, 0.25) is 0 Å². The summed E-state index contributed by atoms with van der Waals surface area (Å²) < 4.78 is 0.223. The van der Waals surface area contributed by atoms with Crippen molar-refractivity contribution in [1.82, 2.24) is 0 Å². The largest absolute Gasteiger partial charge is 0.504 e. The maximum Gasteiger partial charge on any atom is 0.201 e. The zero-order valence-electron chi connectivity index (χ0n) is 12.1. The van der Waals surface area contributed by atoms with E-state index in [-0.39, 0.29) is 10.0 Å². The SMILES string of the molecule is CCCCc1ccc(C(=O)c2c(Br)cc(O)c(O)c2O)cc1. The summed E-state index contributed by atoms with van der Waals surface area (Å²) in [5, 5.41) is 28.9. The molecular weight excluding hydrogens is 348 g/mol. The molecule has 0 amide bonds. The number of aryl methyl sites for hydroxylation is 1. The number of unbranched alkanes of at least 4 members (excludes halogenated alkanes) is 1. The van der Waals surface area contributed by atoms with Crippen LogP contribution in [-0.2, 0) is 6.42 Å². The van der Waals surface area contributed by atoms with E-state index in [1.165, 1.54) is 6.07 Å². The van der Waals surface area contributed by atoms with E-state index in [0.29, 0.717) is 5.56 Å². The van der Waals surface area contributed by atoms with Crippen LogP contribution >= 0.6 is 15.9 Å². The van der Waals surface area contributed by atoms with E-state index in [9.17, 15) is 20.1 Å². The number of halogens is 1. The van der Waals surface area contributed by atoms with Crippen molar-refractivity contribution in [1.29, 1.82) is 0 Å². The molecule has 0 unspecified atom stereocenters. The van der Waals surface area contributed by atoms with Gasteiger partial charge < -0.3 is 15.3 Å². The molecule has 0 spiro atoms. The molecule has 0 aliphatic heterocycles. The minimum absolute atomic E-state index is 0.0726. The van der Waals surface area contributed by atoms with Gasteiger partial charge in [-0.15, -0.1) is 0 Å². The van der Waals surface area contributed by atoms with Crippen molar-refractivity contribution in [2.75, 3.05) is 0 Å². The Labute approximate surface area is 137 Å². The van der Waals surface area contributed by atoms with Crippen LogP contribution in [0.5, 0.6) is 17.2 Å². The van der Waals surface area contributed by atoms with Gasteiger partial charge >= 0.3 is 0 Å². The number of aromatic hydroxyl groups is 3. The molecule has 22 heavy (non-hydrogen) atoms. The molecule has 0 radical (unpaired) electrons. The van der Waals surface area contributed by atoms with Gasteiger partial charge in [0.25, 0.3) is 0 Å². The molecule has 2 aromatic carbocycles. The molecule has 2 aromatic rings. The van der Waals surface area contributed by atoms with Crippen molar-refractivity contribution in [3.63, 3.8) is 0 Å². The predicted octanol–water partition coefficient (Wildman–Crippen LogP) is 4.14. The number of ketones is 1. The molecule has 5 heteroatoms. The summed E-state index contributed by atoms with van der Waals surface area (Å²) in [5.41, 5.74) is 1.48. The molecule has 0 atom stereocenters. The number of benzene rings is 2.